The molecule has 0 saturated carbocycles. The van der Waals surface area contributed by atoms with E-state index in [9.17, 15) is 14.4 Å². The van der Waals surface area contributed by atoms with Crippen molar-refractivity contribution in [2.45, 2.75) is 32.8 Å². The topological polar surface area (TPSA) is 79.0 Å². The van der Waals surface area contributed by atoms with Gasteiger partial charge in [-0.15, -0.1) is 0 Å². The van der Waals surface area contributed by atoms with Crippen LogP contribution < -0.4 is 5.32 Å². The Balaban J connectivity index is 1.75. The van der Waals surface area contributed by atoms with Crippen LogP contribution in [0.3, 0.4) is 0 Å². The molecule has 0 spiro atoms. The Hall–Kier alpha value is -2.09. The zero-order valence-electron chi connectivity index (χ0n) is 16.0. The molecule has 0 unspecified atom stereocenters. The van der Waals surface area contributed by atoms with Crippen molar-refractivity contribution in [2.75, 3.05) is 32.7 Å². The molecule has 7 nitrogen and oxygen atoms in total. The van der Waals surface area contributed by atoms with Crippen LogP contribution in [0.25, 0.3) is 0 Å². The van der Waals surface area contributed by atoms with E-state index in [0.29, 0.717) is 31.7 Å². The van der Waals surface area contributed by atoms with Crippen LogP contribution in [-0.4, -0.2) is 66.0 Å². The lowest BCUT2D eigenvalue weighted by Gasteiger charge is -2.35. The highest BCUT2D eigenvalue weighted by Crippen LogP contribution is 2.19. The van der Waals surface area contributed by atoms with Gasteiger partial charge in [0.25, 0.3) is 5.91 Å². The predicted octanol–water partition coefficient (Wildman–Crippen LogP) is 2.65. The van der Waals surface area contributed by atoms with E-state index in [1.807, 2.05) is 18.2 Å². The first-order valence-corrected chi connectivity index (χ1v) is 9.75. The zero-order chi connectivity index (χ0) is 20.0. The van der Waals surface area contributed by atoms with Gasteiger partial charge in [0.1, 0.15) is 5.60 Å². The van der Waals surface area contributed by atoms with Gasteiger partial charge in [0.05, 0.1) is 5.56 Å². The van der Waals surface area contributed by atoms with Gasteiger partial charge in [-0.05, 0) is 48.8 Å². The van der Waals surface area contributed by atoms with Gasteiger partial charge in [-0.3, -0.25) is 9.59 Å². The fraction of sp³-hybridized carbons (Fsp3) is 0.526. The Morgan fingerprint density at radius 1 is 1.07 bits per heavy atom. The molecule has 1 aromatic rings. The fourth-order valence-electron chi connectivity index (χ4n) is 2.71. The molecule has 1 N–H and O–H groups in total. The molecule has 1 fully saturated rings. The first kappa shape index (κ1) is 21.2. The second kappa shape index (κ2) is 9.21. The van der Waals surface area contributed by atoms with E-state index in [2.05, 4.69) is 21.2 Å². The van der Waals surface area contributed by atoms with Crippen molar-refractivity contribution < 1.29 is 19.1 Å². The van der Waals surface area contributed by atoms with E-state index in [1.54, 1.807) is 36.6 Å². The monoisotopic (exact) mass is 439 g/mol. The fourth-order valence-corrected chi connectivity index (χ4v) is 3.16. The van der Waals surface area contributed by atoms with Crippen LogP contribution in [0.15, 0.2) is 28.7 Å². The summed E-state index contributed by atoms with van der Waals surface area (Å²) in [4.78, 5) is 39.9. The molecule has 0 aliphatic carbocycles. The molecule has 0 aromatic heterocycles. The van der Waals surface area contributed by atoms with Crippen molar-refractivity contribution in [1.82, 2.24) is 15.1 Å². The molecule has 1 aliphatic rings. The Morgan fingerprint density at radius 2 is 1.67 bits per heavy atom. The molecule has 1 saturated heterocycles. The van der Waals surface area contributed by atoms with E-state index in [4.69, 9.17) is 4.74 Å². The molecule has 2 rings (SSSR count). The average Bonchev–Trinajstić information content (AvgIpc) is 2.60. The Morgan fingerprint density at radius 3 is 2.26 bits per heavy atom. The summed E-state index contributed by atoms with van der Waals surface area (Å²) in [6.07, 6.45) is -0.323. The lowest BCUT2D eigenvalue weighted by Crippen LogP contribution is -2.51. The normalized spacial score (nSPS) is 14.7. The molecule has 0 radical (unpaired) electrons. The number of piperazine rings is 1. The minimum Gasteiger partial charge on any atom is -0.444 e. The Labute approximate surface area is 168 Å². The quantitative estimate of drug-likeness (QED) is 0.781. The van der Waals surface area contributed by atoms with Gasteiger partial charge in [-0.1, -0.05) is 12.1 Å². The van der Waals surface area contributed by atoms with Gasteiger partial charge < -0.3 is 19.9 Å². The Bertz CT molecular complexity index is 694. The second-order valence-electron chi connectivity index (χ2n) is 7.33. The van der Waals surface area contributed by atoms with E-state index in [1.165, 1.54) is 0 Å². The molecule has 0 bridgehead atoms. The van der Waals surface area contributed by atoms with Crippen LogP contribution >= 0.6 is 15.9 Å². The smallest absolute Gasteiger partial charge is 0.407 e. The maximum atomic E-state index is 12.6. The van der Waals surface area contributed by atoms with E-state index >= 15 is 0 Å². The number of alkyl carbamates (subject to hydrolysis) is 1. The molecule has 27 heavy (non-hydrogen) atoms. The zero-order valence-corrected chi connectivity index (χ0v) is 17.5. The van der Waals surface area contributed by atoms with E-state index in [-0.39, 0.29) is 24.8 Å². The lowest BCUT2D eigenvalue weighted by molar-refractivity contribution is -0.132. The SMILES string of the molecule is CC(C)(C)OC(=O)NCCC(=O)N1CCN(C(=O)c2ccccc2Br)CC1. The number of carbonyl (C=O) groups excluding carboxylic acids is 3. The largest absolute Gasteiger partial charge is 0.444 e. The van der Waals surface area contributed by atoms with Crippen LogP contribution in [0, 0.1) is 0 Å². The highest BCUT2D eigenvalue weighted by molar-refractivity contribution is 9.10. The number of rotatable bonds is 4. The third-order valence-electron chi connectivity index (χ3n) is 4.03. The molecule has 0 atom stereocenters. The maximum absolute atomic E-state index is 12.6. The van der Waals surface area contributed by atoms with Gasteiger partial charge in [0, 0.05) is 43.6 Å². The second-order valence-corrected chi connectivity index (χ2v) is 8.19. The number of hydrogen-bond acceptors (Lipinski definition) is 4. The summed E-state index contributed by atoms with van der Waals surface area (Å²) in [5, 5.41) is 2.59. The number of ether oxygens (including phenoxy) is 1. The van der Waals surface area contributed by atoms with Gasteiger partial charge in [0.2, 0.25) is 5.91 Å². The van der Waals surface area contributed by atoms with Crippen molar-refractivity contribution in [3.8, 4) is 0 Å². The highest BCUT2D eigenvalue weighted by atomic mass is 79.9. The average molecular weight is 440 g/mol. The number of halogens is 1. The van der Waals surface area contributed by atoms with Gasteiger partial charge >= 0.3 is 6.09 Å². The number of nitrogens with one attached hydrogen (secondary N) is 1. The standard InChI is InChI=1S/C19H26BrN3O4/c1-19(2,3)27-18(26)21-9-8-16(24)22-10-12-23(13-11-22)17(25)14-6-4-5-7-15(14)20/h4-7H,8-13H2,1-3H3,(H,21,26). The lowest BCUT2D eigenvalue weighted by atomic mass is 10.2. The van der Waals surface area contributed by atoms with Gasteiger partial charge in [-0.2, -0.15) is 0 Å². The van der Waals surface area contributed by atoms with Gasteiger partial charge in [0.15, 0.2) is 0 Å². The minimum atomic E-state index is -0.565. The van der Waals surface area contributed by atoms with Crippen molar-refractivity contribution in [1.29, 1.82) is 0 Å². The van der Waals surface area contributed by atoms with Crippen LogP contribution in [-0.2, 0) is 9.53 Å². The summed E-state index contributed by atoms with van der Waals surface area (Å²) < 4.78 is 5.90. The molecule has 1 aliphatic heterocycles. The van der Waals surface area contributed by atoms with E-state index in [0.717, 1.165) is 4.47 Å². The molecular weight excluding hydrogens is 414 g/mol. The van der Waals surface area contributed by atoms with Crippen molar-refractivity contribution in [3.05, 3.63) is 34.3 Å². The third kappa shape index (κ3) is 6.53. The summed E-state index contributed by atoms with van der Waals surface area (Å²) in [6, 6.07) is 7.31. The van der Waals surface area contributed by atoms with Crippen LogP contribution in [0.2, 0.25) is 0 Å². The van der Waals surface area contributed by atoms with E-state index < -0.39 is 11.7 Å². The van der Waals surface area contributed by atoms with Crippen molar-refractivity contribution in [2.24, 2.45) is 0 Å². The maximum Gasteiger partial charge on any atom is 0.407 e. The number of nitrogens with zero attached hydrogens (tertiary/aromatic N) is 2. The first-order chi connectivity index (χ1) is 12.7. The number of carbonyl (C=O) groups is 3. The minimum absolute atomic E-state index is 0.0406. The van der Waals surface area contributed by atoms with Gasteiger partial charge in [-0.25, -0.2) is 4.79 Å². The van der Waals surface area contributed by atoms with Crippen LogP contribution in [0.5, 0.6) is 0 Å². The first-order valence-electron chi connectivity index (χ1n) is 8.96. The highest BCUT2D eigenvalue weighted by Gasteiger charge is 2.25. The predicted molar refractivity (Wildman–Crippen MR) is 105 cm³/mol. The summed E-state index contributed by atoms with van der Waals surface area (Å²) >= 11 is 3.40. The van der Waals surface area contributed by atoms with Crippen LogP contribution in [0.1, 0.15) is 37.6 Å². The molecule has 3 amide bonds. The van der Waals surface area contributed by atoms with Crippen molar-refractivity contribution >= 4 is 33.8 Å². The third-order valence-corrected chi connectivity index (χ3v) is 4.72. The molecule has 1 aromatic carbocycles. The number of amides is 3. The summed E-state index contributed by atoms with van der Waals surface area (Å²) in [7, 11) is 0. The Kier molecular flexibility index (Phi) is 7.24. The summed E-state index contributed by atoms with van der Waals surface area (Å²) in [5.41, 5.74) is 0.0591. The molecule has 148 valence electrons. The summed E-state index contributed by atoms with van der Waals surface area (Å²) in [5.74, 6) is -0.0831. The number of hydrogen-bond donors (Lipinski definition) is 1. The molecular formula is C19H26BrN3O4. The molecule has 1 heterocycles. The van der Waals surface area contributed by atoms with Crippen molar-refractivity contribution in [3.63, 3.8) is 0 Å². The number of benzene rings is 1. The summed E-state index contributed by atoms with van der Waals surface area (Å²) in [6.45, 7) is 7.54. The molecule has 8 heteroatoms. The van der Waals surface area contributed by atoms with Crippen LogP contribution in [0.4, 0.5) is 4.79 Å².